The molecule has 0 saturated heterocycles. The number of quaternary nitrogens is 1. The molecule has 0 bridgehead atoms. The van der Waals surface area contributed by atoms with Crippen LogP contribution in [0.2, 0.25) is 0 Å². The predicted molar refractivity (Wildman–Crippen MR) is 189 cm³/mol. The lowest BCUT2D eigenvalue weighted by Gasteiger charge is -2.31. The Balaban J connectivity index is 3.97. The maximum atomic E-state index is 13.1. The Morgan fingerprint density at radius 3 is 1.16 bits per heavy atom. The lowest BCUT2D eigenvalue weighted by atomic mass is 10.1. The predicted octanol–water partition coefficient (Wildman–Crippen LogP) is 9.32. The molecule has 0 aromatic heterocycles. The number of hydrogen-bond donors (Lipinski definition) is 1. The molecule has 0 spiro atoms. The smallest absolute Gasteiger partial charge is 0.277 e. The molecule has 6 heteroatoms. The molecule has 0 aromatic rings. The Labute approximate surface area is 275 Å². The molecule has 6 nitrogen and oxygen atoms in total. The van der Waals surface area contributed by atoms with Gasteiger partial charge in [-0.15, -0.1) is 0 Å². The number of likely N-dealkylation sites (N-methyl/N-ethyl adjacent to an activating group) is 1. The van der Waals surface area contributed by atoms with E-state index in [1.54, 1.807) is 0 Å². The molecule has 0 aliphatic heterocycles. The van der Waals surface area contributed by atoms with Gasteiger partial charge in [-0.1, -0.05) is 155 Å². The summed E-state index contributed by atoms with van der Waals surface area (Å²) in [5, 5.41) is 9.38. The van der Waals surface area contributed by atoms with Crippen LogP contribution in [-0.4, -0.2) is 93.7 Å². The van der Waals surface area contributed by atoms with Crippen molar-refractivity contribution in [3.63, 3.8) is 0 Å². The minimum absolute atomic E-state index is 0.0879. The van der Waals surface area contributed by atoms with Gasteiger partial charge in [-0.25, -0.2) is 0 Å². The number of hydrogen-bond acceptors (Lipinski definition) is 4. The van der Waals surface area contributed by atoms with E-state index in [9.17, 15) is 9.90 Å². The lowest BCUT2D eigenvalue weighted by molar-refractivity contribution is -0.883. The van der Waals surface area contributed by atoms with Gasteiger partial charge in [0.2, 0.25) is 0 Å². The molecule has 0 aliphatic rings. The average Bonchev–Trinajstić information content (AvgIpc) is 2.99. The number of aliphatic hydroxyl groups excluding tert-OH is 1. The summed E-state index contributed by atoms with van der Waals surface area (Å²) in [6, 6.07) is 0. The number of aliphatic hydroxyl groups is 1. The zero-order valence-electron chi connectivity index (χ0n) is 30.4. The van der Waals surface area contributed by atoms with E-state index in [4.69, 9.17) is 9.47 Å². The third-order valence-corrected chi connectivity index (χ3v) is 8.92. The fraction of sp³-hybridized carbons (Fsp3) is 0.974. The van der Waals surface area contributed by atoms with Crippen LogP contribution in [0.25, 0.3) is 0 Å². The molecule has 1 N–H and O–H groups in total. The maximum absolute atomic E-state index is 13.1. The van der Waals surface area contributed by atoms with Crippen molar-refractivity contribution >= 4 is 5.91 Å². The molecule has 264 valence electrons. The van der Waals surface area contributed by atoms with Gasteiger partial charge in [0, 0.05) is 26.3 Å². The van der Waals surface area contributed by atoms with Gasteiger partial charge >= 0.3 is 0 Å². The van der Waals surface area contributed by atoms with E-state index >= 15 is 0 Å². The van der Waals surface area contributed by atoms with Crippen LogP contribution in [0.4, 0.5) is 0 Å². The molecule has 0 aliphatic carbocycles. The number of amides is 1. The molecule has 0 heterocycles. The Hall–Kier alpha value is -0.690. The summed E-state index contributed by atoms with van der Waals surface area (Å²) in [5.74, 6) is 0.117. The molecule has 0 rings (SSSR count). The molecule has 0 unspecified atom stereocenters. The number of nitrogens with zero attached hydrogens (tertiary/aromatic N) is 2. The Morgan fingerprint density at radius 1 is 0.523 bits per heavy atom. The largest absolute Gasteiger partial charge is 0.391 e. The van der Waals surface area contributed by atoms with Crippen LogP contribution in [0.3, 0.4) is 0 Å². The molecule has 0 fully saturated rings. The highest BCUT2D eigenvalue weighted by Crippen LogP contribution is 2.13. The molecule has 0 saturated carbocycles. The van der Waals surface area contributed by atoms with E-state index in [0.717, 1.165) is 26.1 Å². The highest BCUT2D eigenvalue weighted by atomic mass is 16.5. The van der Waals surface area contributed by atoms with Gasteiger partial charge in [0.15, 0.2) is 6.54 Å². The van der Waals surface area contributed by atoms with Crippen LogP contribution >= 0.6 is 0 Å². The van der Waals surface area contributed by atoms with Crippen molar-refractivity contribution in [3.8, 4) is 0 Å². The molecular weight excluding hydrogens is 548 g/mol. The third kappa shape index (κ3) is 31.3. The van der Waals surface area contributed by atoms with E-state index in [2.05, 4.69) is 13.8 Å². The summed E-state index contributed by atoms with van der Waals surface area (Å²) in [5.41, 5.74) is 0. The van der Waals surface area contributed by atoms with Crippen molar-refractivity contribution in [2.45, 2.75) is 168 Å². The first-order chi connectivity index (χ1) is 21.5. The Morgan fingerprint density at radius 2 is 0.841 bits per heavy atom. The zero-order valence-corrected chi connectivity index (χ0v) is 30.4. The van der Waals surface area contributed by atoms with Gasteiger partial charge in [-0.05, 0) is 12.8 Å². The summed E-state index contributed by atoms with van der Waals surface area (Å²) in [7, 11) is 4.00. The molecule has 0 radical (unpaired) electrons. The molecule has 1 amide bonds. The first-order valence-corrected chi connectivity index (χ1v) is 19.3. The molecular formula is C38H79N2O4+. The molecule has 44 heavy (non-hydrogen) atoms. The second-order valence-electron chi connectivity index (χ2n) is 13.9. The van der Waals surface area contributed by atoms with Gasteiger partial charge in [0.1, 0.15) is 6.54 Å². The molecule has 0 aromatic carbocycles. The van der Waals surface area contributed by atoms with Crippen molar-refractivity contribution in [2.75, 3.05) is 73.3 Å². The topological polar surface area (TPSA) is 59.0 Å². The summed E-state index contributed by atoms with van der Waals surface area (Å²) >= 11 is 0. The van der Waals surface area contributed by atoms with Crippen molar-refractivity contribution in [2.24, 2.45) is 0 Å². The van der Waals surface area contributed by atoms with Gasteiger partial charge in [-0.3, -0.25) is 4.79 Å². The first kappa shape index (κ1) is 43.3. The van der Waals surface area contributed by atoms with Crippen molar-refractivity contribution in [1.29, 1.82) is 0 Å². The number of rotatable bonds is 36. The number of carbonyl (C=O) groups is 1. The van der Waals surface area contributed by atoms with E-state index in [0.29, 0.717) is 43.9 Å². The van der Waals surface area contributed by atoms with Crippen LogP contribution in [0.1, 0.15) is 168 Å². The van der Waals surface area contributed by atoms with E-state index < -0.39 is 0 Å². The zero-order chi connectivity index (χ0) is 32.4. The van der Waals surface area contributed by atoms with Crippen LogP contribution in [0.5, 0.6) is 0 Å². The van der Waals surface area contributed by atoms with E-state index in [-0.39, 0.29) is 12.5 Å². The second-order valence-corrected chi connectivity index (χ2v) is 13.9. The Bertz CT molecular complexity index is 553. The summed E-state index contributed by atoms with van der Waals surface area (Å²) < 4.78 is 12.4. The number of ether oxygens (including phenoxy) is 2. The van der Waals surface area contributed by atoms with Crippen LogP contribution in [-0.2, 0) is 14.3 Å². The van der Waals surface area contributed by atoms with Crippen LogP contribution < -0.4 is 0 Å². The van der Waals surface area contributed by atoms with Crippen molar-refractivity contribution in [3.05, 3.63) is 0 Å². The fourth-order valence-corrected chi connectivity index (χ4v) is 5.82. The van der Waals surface area contributed by atoms with Crippen molar-refractivity contribution in [1.82, 2.24) is 4.90 Å². The van der Waals surface area contributed by atoms with Crippen LogP contribution in [0.15, 0.2) is 0 Å². The fourth-order valence-electron chi connectivity index (χ4n) is 5.82. The maximum Gasteiger partial charge on any atom is 0.277 e. The SMILES string of the molecule is CCCCCCCCCCCCCCOCCN(CCOCCCCCCCCCCCCCC)C(=O)C[N+](C)(C)CCO. The molecule has 0 atom stereocenters. The standard InChI is InChI=1S/C38H79N2O4/c1-5-7-9-11-13-15-17-19-21-23-25-27-33-43-35-29-39(38(42)37-40(3,4)31-32-41)30-36-44-34-28-26-24-22-20-18-16-14-12-10-8-6-2/h41H,5-37H2,1-4H3/q+1. The van der Waals surface area contributed by atoms with Crippen molar-refractivity contribution < 1.29 is 23.9 Å². The van der Waals surface area contributed by atoms with Gasteiger partial charge in [0.25, 0.3) is 5.91 Å². The average molecular weight is 628 g/mol. The van der Waals surface area contributed by atoms with Gasteiger partial charge in [0.05, 0.1) is 33.9 Å². The van der Waals surface area contributed by atoms with E-state index in [1.165, 1.54) is 141 Å². The quantitative estimate of drug-likeness (QED) is 0.0556. The van der Waals surface area contributed by atoms with Gasteiger partial charge < -0.3 is 24.0 Å². The summed E-state index contributed by atoms with van der Waals surface area (Å²) in [6.07, 6.45) is 32.3. The van der Waals surface area contributed by atoms with Crippen LogP contribution in [0, 0.1) is 0 Å². The summed E-state index contributed by atoms with van der Waals surface area (Å²) in [6.45, 7) is 9.54. The highest BCUT2D eigenvalue weighted by molar-refractivity contribution is 5.77. The normalized spacial score (nSPS) is 11.8. The second kappa shape index (κ2) is 33.7. The minimum atomic E-state index is 0.0879. The highest BCUT2D eigenvalue weighted by Gasteiger charge is 2.23. The number of unbranched alkanes of at least 4 members (excludes halogenated alkanes) is 22. The summed E-state index contributed by atoms with van der Waals surface area (Å²) in [4.78, 5) is 15.0. The van der Waals surface area contributed by atoms with Gasteiger partial charge in [-0.2, -0.15) is 0 Å². The minimum Gasteiger partial charge on any atom is -0.391 e. The monoisotopic (exact) mass is 628 g/mol. The first-order valence-electron chi connectivity index (χ1n) is 19.3. The lowest BCUT2D eigenvalue weighted by Crippen LogP contribution is -2.51. The third-order valence-electron chi connectivity index (χ3n) is 8.92. The van der Waals surface area contributed by atoms with E-state index in [1.807, 2.05) is 19.0 Å². The number of carbonyl (C=O) groups excluding carboxylic acids is 1. The Kier molecular flexibility index (Phi) is 33.1.